The van der Waals surface area contributed by atoms with E-state index in [1.807, 2.05) is 18.2 Å². The summed E-state index contributed by atoms with van der Waals surface area (Å²) in [6.07, 6.45) is 4.43. The van der Waals surface area contributed by atoms with Crippen molar-refractivity contribution in [3.8, 4) is 0 Å². The van der Waals surface area contributed by atoms with Crippen molar-refractivity contribution in [1.29, 1.82) is 0 Å². The number of hydrogen-bond donors (Lipinski definition) is 0. The molecular formula is C11H11NO2S. The maximum atomic E-state index is 11.5. The Morgan fingerprint density at radius 1 is 1.33 bits per heavy atom. The van der Waals surface area contributed by atoms with Crippen LogP contribution in [0.25, 0.3) is 17.0 Å². The number of para-hydroxylation sites is 1. The third-order valence-corrected chi connectivity index (χ3v) is 3.30. The summed E-state index contributed by atoms with van der Waals surface area (Å²) >= 11 is 0. The third kappa shape index (κ3) is 1.57. The summed E-state index contributed by atoms with van der Waals surface area (Å²) in [5.74, 6) is 0. The van der Waals surface area contributed by atoms with Crippen molar-refractivity contribution < 1.29 is 8.42 Å². The quantitative estimate of drug-likeness (QED) is 0.779. The minimum atomic E-state index is -3.25. The number of hydrogen-bond acceptors (Lipinski definition) is 2. The zero-order valence-corrected chi connectivity index (χ0v) is 9.16. The van der Waals surface area contributed by atoms with Gasteiger partial charge in [-0.15, -0.1) is 0 Å². The Kier molecular flexibility index (Phi) is 2.16. The van der Waals surface area contributed by atoms with Gasteiger partial charge in [0.1, 0.15) is 0 Å². The van der Waals surface area contributed by atoms with Gasteiger partial charge in [0.05, 0.1) is 11.8 Å². The fraction of sp³-hybridized carbons (Fsp3) is 0.0909. The zero-order chi connectivity index (χ0) is 11.1. The van der Waals surface area contributed by atoms with Crippen LogP contribution in [0.4, 0.5) is 0 Å². The molecule has 0 amide bonds. The molecule has 0 aliphatic rings. The van der Waals surface area contributed by atoms with E-state index in [0.717, 1.165) is 10.9 Å². The molecular weight excluding hydrogens is 210 g/mol. The van der Waals surface area contributed by atoms with Gasteiger partial charge in [0, 0.05) is 17.1 Å². The lowest BCUT2D eigenvalue weighted by Crippen LogP contribution is -2.07. The largest absolute Gasteiger partial charge is 0.245 e. The second-order valence-corrected chi connectivity index (χ2v) is 5.22. The second kappa shape index (κ2) is 3.24. The minimum absolute atomic E-state index is 0.690. The van der Waals surface area contributed by atoms with Crippen molar-refractivity contribution in [1.82, 2.24) is 3.97 Å². The van der Waals surface area contributed by atoms with Crippen molar-refractivity contribution in [2.45, 2.75) is 0 Å². The van der Waals surface area contributed by atoms with Crippen molar-refractivity contribution in [3.63, 3.8) is 0 Å². The maximum Gasteiger partial charge on any atom is 0.236 e. The standard InChI is InChI=1S/C11H11NO2S/c1-3-9-8-12(15(2,13)14)11-7-5-4-6-10(9)11/h3-8H,1H2,2H3. The highest BCUT2D eigenvalue weighted by molar-refractivity contribution is 7.89. The van der Waals surface area contributed by atoms with E-state index in [1.54, 1.807) is 18.3 Å². The number of fused-ring (bicyclic) bond motifs is 1. The van der Waals surface area contributed by atoms with Crippen LogP contribution in [0.2, 0.25) is 0 Å². The van der Waals surface area contributed by atoms with Crippen LogP contribution >= 0.6 is 0 Å². The number of rotatable bonds is 2. The smallest absolute Gasteiger partial charge is 0.236 e. The molecule has 0 spiro atoms. The van der Waals surface area contributed by atoms with Gasteiger partial charge in [-0.1, -0.05) is 30.9 Å². The summed E-state index contributed by atoms with van der Waals surface area (Å²) in [5, 5.41) is 0.901. The highest BCUT2D eigenvalue weighted by Crippen LogP contribution is 2.23. The van der Waals surface area contributed by atoms with Gasteiger partial charge >= 0.3 is 0 Å². The monoisotopic (exact) mass is 221 g/mol. The number of benzene rings is 1. The van der Waals surface area contributed by atoms with Crippen LogP contribution in [0, 0.1) is 0 Å². The molecule has 0 unspecified atom stereocenters. The first kappa shape index (κ1) is 9.98. The molecule has 1 aromatic carbocycles. The Hall–Kier alpha value is -1.55. The average Bonchev–Trinajstić information content (AvgIpc) is 2.55. The molecule has 78 valence electrons. The Morgan fingerprint density at radius 3 is 2.60 bits per heavy atom. The lowest BCUT2D eigenvalue weighted by atomic mass is 10.2. The fourth-order valence-corrected chi connectivity index (χ4v) is 2.43. The molecule has 0 bridgehead atoms. The van der Waals surface area contributed by atoms with E-state index >= 15 is 0 Å². The maximum absolute atomic E-state index is 11.5. The first-order chi connectivity index (χ1) is 7.04. The molecule has 0 radical (unpaired) electrons. The van der Waals surface area contributed by atoms with Gasteiger partial charge in [-0.3, -0.25) is 0 Å². The molecule has 0 saturated carbocycles. The van der Waals surface area contributed by atoms with Crippen LogP contribution in [0.3, 0.4) is 0 Å². The van der Waals surface area contributed by atoms with Gasteiger partial charge in [-0.25, -0.2) is 12.4 Å². The predicted octanol–water partition coefficient (Wildman–Crippen LogP) is 2.09. The molecule has 0 N–H and O–H groups in total. The third-order valence-electron chi connectivity index (χ3n) is 2.29. The summed E-state index contributed by atoms with van der Waals surface area (Å²) in [4.78, 5) is 0. The van der Waals surface area contributed by atoms with Crippen LogP contribution in [-0.2, 0) is 10.0 Å². The van der Waals surface area contributed by atoms with Crippen molar-refractivity contribution >= 4 is 27.0 Å². The molecule has 0 saturated heterocycles. The highest BCUT2D eigenvalue weighted by atomic mass is 32.2. The van der Waals surface area contributed by atoms with Crippen LogP contribution in [-0.4, -0.2) is 18.6 Å². The number of aromatic nitrogens is 1. The molecule has 1 heterocycles. The Bertz CT molecular complexity index is 623. The summed E-state index contributed by atoms with van der Waals surface area (Å²) < 4.78 is 24.3. The van der Waals surface area contributed by atoms with Crippen molar-refractivity contribution in [2.75, 3.05) is 6.26 Å². The highest BCUT2D eigenvalue weighted by Gasteiger charge is 2.12. The van der Waals surface area contributed by atoms with E-state index in [4.69, 9.17) is 0 Å². The molecule has 1 aromatic heterocycles. The molecule has 4 heteroatoms. The van der Waals surface area contributed by atoms with Crippen LogP contribution < -0.4 is 0 Å². The topological polar surface area (TPSA) is 39.1 Å². The molecule has 2 rings (SSSR count). The van der Waals surface area contributed by atoms with Gasteiger partial charge in [-0.05, 0) is 6.07 Å². The Balaban J connectivity index is 2.94. The van der Waals surface area contributed by atoms with Crippen LogP contribution in [0.5, 0.6) is 0 Å². The van der Waals surface area contributed by atoms with E-state index in [9.17, 15) is 8.42 Å². The minimum Gasteiger partial charge on any atom is -0.245 e. The van der Waals surface area contributed by atoms with Crippen molar-refractivity contribution in [3.05, 3.63) is 42.6 Å². The second-order valence-electron chi connectivity index (χ2n) is 3.36. The van der Waals surface area contributed by atoms with Gasteiger partial charge in [-0.2, -0.15) is 0 Å². The van der Waals surface area contributed by atoms with Gasteiger partial charge < -0.3 is 0 Å². The zero-order valence-electron chi connectivity index (χ0n) is 8.34. The first-order valence-corrected chi connectivity index (χ1v) is 6.32. The molecule has 2 aromatic rings. The van der Waals surface area contributed by atoms with Gasteiger partial charge in [0.2, 0.25) is 10.0 Å². The van der Waals surface area contributed by atoms with Gasteiger partial charge in [0.25, 0.3) is 0 Å². The summed E-state index contributed by atoms with van der Waals surface area (Å²) in [5.41, 5.74) is 1.52. The van der Waals surface area contributed by atoms with Crippen LogP contribution in [0.1, 0.15) is 5.56 Å². The molecule has 0 atom stereocenters. The lowest BCUT2D eigenvalue weighted by Gasteiger charge is -2.00. The SMILES string of the molecule is C=Cc1cn(S(C)(=O)=O)c2ccccc12. The van der Waals surface area contributed by atoms with Crippen molar-refractivity contribution in [2.24, 2.45) is 0 Å². The fourth-order valence-electron chi connectivity index (χ4n) is 1.61. The van der Waals surface area contributed by atoms with E-state index in [1.165, 1.54) is 10.2 Å². The molecule has 15 heavy (non-hydrogen) atoms. The molecule has 0 aliphatic carbocycles. The first-order valence-electron chi connectivity index (χ1n) is 4.47. The Morgan fingerprint density at radius 2 is 2.00 bits per heavy atom. The van der Waals surface area contributed by atoms with E-state index < -0.39 is 10.0 Å². The normalized spacial score (nSPS) is 11.8. The van der Waals surface area contributed by atoms with E-state index in [-0.39, 0.29) is 0 Å². The average molecular weight is 221 g/mol. The molecule has 0 fully saturated rings. The molecule has 3 nitrogen and oxygen atoms in total. The number of nitrogens with zero attached hydrogens (tertiary/aromatic N) is 1. The van der Waals surface area contributed by atoms with E-state index in [2.05, 4.69) is 6.58 Å². The molecule has 0 aliphatic heterocycles. The predicted molar refractivity (Wildman–Crippen MR) is 62.3 cm³/mol. The van der Waals surface area contributed by atoms with E-state index in [0.29, 0.717) is 5.52 Å². The Labute approximate surface area is 88.7 Å². The summed E-state index contributed by atoms with van der Waals surface area (Å²) in [6, 6.07) is 7.36. The van der Waals surface area contributed by atoms with Gasteiger partial charge in [0.15, 0.2) is 0 Å². The summed E-state index contributed by atoms with van der Waals surface area (Å²) in [6.45, 7) is 3.67. The summed E-state index contributed by atoms with van der Waals surface area (Å²) in [7, 11) is -3.25. The lowest BCUT2D eigenvalue weighted by molar-refractivity contribution is 0.595. The van der Waals surface area contributed by atoms with Crippen LogP contribution in [0.15, 0.2) is 37.0 Å².